The second kappa shape index (κ2) is 8.47. The third-order valence-electron chi connectivity index (χ3n) is 2.64. The molecule has 0 aliphatic carbocycles. The predicted octanol–water partition coefficient (Wildman–Crippen LogP) is 1.23. The van der Waals surface area contributed by atoms with Gasteiger partial charge in [-0.1, -0.05) is 13.8 Å². The zero-order valence-electron chi connectivity index (χ0n) is 12.8. The Bertz CT molecular complexity index is 403. The van der Waals surface area contributed by atoms with Gasteiger partial charge >= 0.3 is 0 Å². The number of aromatic nitrogens is 2. The van der Waals surface area contributed by atoms with Crippen molar-refractivity contribution in [2.24, 2.45) is 5.92 Å². The maximum absolute atomic E-state index is 11.8. The monoisotopic (exact) mass is 279 g/mol. The van der Waals surface area contributed by atoms with Gasteiger partial charge in [0.2, 0.25) is 0 Å². The molecule has 0 fully saturated rings. The first-order valence-electron chi connectivity index (χ1n) is 6.98. The lowest BCUT2D eigenvalue weighted by Crippen LogP contribution is -2.28. The number of rotatable bonds is 8. The summed E-state index contributed by atoms with van der Waals surface area (Å²) in [5.74, 6) is 0.944. The van der Waals surface area contributed by atoms with Gasteiger partial charge in [-0.3, -0.25) is 4.79 Å². The minimum atomic E-state index is -0.176. The molecule has 0 spiro atoms. The molecule has 1 aromatic rings. The Morgan fingerprint density at radius 2 is 2.05 bits per heavy atom. The second-order valence-electron chi connectivity index (χ2n) is 5.47. The molecule has 0 unspecified atom stereocenters. The van der Waals surface area contributed by atoms with Crippen LogP contribution in [0.3, 0.4) is 0 Å². The fourth-order valence-corrected chi connectivity index (χ4v) is 1.54. The first kappa shape index (κ1) is 16.4. The molecule has 2 N–H and O–H groups in total. The summed E-state index contributed by atoms with van der Waals surface area (Å²) in [6, 6.07) is 0. The van der Waals surface area contributed by atoms with Crippen LogP contribution in [0.2, 0.25) is 0 Å². The highest BCUT2D eigenvalue weighted by atomic mass is 16.1. The molecule has 0 radical (unpaired) electrons. The SMILES string of the molecule is CC(C)CNC(=O)c1cnc(NCCCN(C)C)cn1. The highest BCUT2D eigenvalue weighted by molar-refractivity contribution is 5.91. The Morgan fingerprint density at radius 1 is 1.30 bits per heavy atom. The molecule has 0 bridgehead atoms. The molecule has 1 amide bonds. The van der Waals surface area contributed by atoms with Crippen molar-refractivity contribution in [3.63, 3.8) is 0 Å². The third-order valence-corrected chi connectivity index (χ3v) is 2.64. The van der Waals surface area contributed by atoms with Crippen molar-refractivity contribution >= 4 is 11.7 Å². The van der Waals surface area contributed by atoms with E-state index < -0.39 is 0 Å². The van der Waals surface area contributed by atoms with Gasteiger partial charge in [0.05, 0.1) is 12.4 Å². The third kappa shape index (κ3) is 6.47. The van der Waals surface area contributed by atoms with Crippen molar-refractivity contribution < 1.29 is 4.79 Å². The van der Waals surface area contributed by atoms with Crippen LogP contribution >= 0.6 is 0 Å². The van der Waals surface area contributed by atoms with Crippen molar-refractivity contribution in [3.05, 3.63) is 18.1 Å². The summed E-state index contributed by atoms with van der Waals surface area (Å²) in [6.45, 7) is 6.60. The van der Waals surface area contributed by atoms with Gasteiger partial charge in [0, 0.05) is 13.1 Å². The van der Waals surface area contributed by atoms with Crippen LogP contribution in [0.1, 0.15) is 30.8 Å². The zero-order chi connectivity index (χ0) is 15.0. The van der Waals surface area contributed by atoms with Crippen LogP contribution in [0.5, 0.6) is 0 Å². The van der Waals surface area contributed by atoms with Crippen molar-refractivity contribution in [1.82, 2.24) is 20.2 Å². The highest BCUT2D eigenvalue weighted by Gasteiger charge is 2.07. The van der Waals surface area contributed by atoms with Gasteiger partial charge in [-0.25, -0.2) is 9.97 Å². The van der Waals surface area contributed by atoms with Gasteiger partial charge in [-0.05, 0) is 33.0 Å². The molecule has 0 atom stereocenters. The molecule has 1 rings (SSSR count). The largest absolute Gasteiger partial charge is 0.369 e. The number of carbonyl (C=O) groups is 1. The summed E-state index contributed by atoms with van der Waals surface area (Å²) in [6.07, 6.45) is 4.13. The Balaban J connectivity index is 2.37. The minimum Gasteiger partial charge on any atom is -0.369 e. The number of nitrogens with zero attached hydrogens (tertiary/aromatic N) is 3. The first-order valence-corrected chi connectivity index (χ1v) is 6.98. The Kier molecular flexibility index (Phi) is 6.93. The van der Waals surface area contributed by atoms with Gasteiger partial charge in [0.15, 0.2) is 0 Å². The lowest BCUT2D eigenvalue weighted by atomic mass is 10.2. The van der Waals surface area contributed by atoms with Crippen molar-refractivity contribution in [2.75, 3.05) is 39.0 Å². The molecule has 112 valence electrons. The quantitative estimate of drug-likeness (QED) is 0.700. The topological polar surface area (TPSA) is 70.2 Å². The van der Waals surface area contributed by atoms with E-state index in [4.69, 9.17) is 0 Å². The Labute approximate surface area is 121 Å². The number of carbonyl (C=O) groups excluding carboxylic acids is 1. The molecule has 1 aromatic heterocycles. The van der Waals surface area contributed by atoms with Crippen LogP contribution in [0.25, 0.3) is 0 Å². The van der Waals surface area contributed by atoms with E-state index in [0.29, 0.717) is 24.0 Å². The maximum Gasteiger partial charge on any atom is 0.271 e. The van der Waals surface area contributed by atoms with Gasteiger partial charge in [0.1, 0.15) is 11.5 Å². The standard InChI is InChI=1S/C14H25N5O/c1-11(2)8-18-14(20)12-9-17-13(10-16-12)15-6-5-7-19(3)4/h9-11H,5-8H2,1-4H3,(H,15,17)(H,18,20). The van der Waals surface area contributed by atoms with Crippen LogP contribution in [0.15, 0.2) is 12.4 Å². The molecule has 20 heavy (non-hydrogen) atoms. The molecule has 1 heterocycles. The number of amides is 1. The number of hydrogen-bond donors (Lipinski definition) is 2. The smallest absolute Gasteiger partial charge is 0.271 e. The maximum atomic E-state index is 11.8. The summed E-state index contributed by atoms with van der Waals surface area (Å²) in [5.41, 5.74) is 0.351. The number of nitrogens with one attached hydrogen (secondary N) is 2. The number of anilines is 1. The van der Waals surface area contributed by atoms with E-state index in [-0.39, 0.29) is 5.91 Å². The van der Waals surface area contributed by atoms with E-state index in [1.54, 1.807) is 6.20 Å². The fourth-order valence-electron chi connectivity index (χ4n) is 1.54. The second-order valence-corrected chi connectivity index (χ2v) is 5.47. The molecular formula is C14H25N5O. The lowest BCUT2D eigenvalue weighted by molar-refractivity contribution is 0.0943. The average molecular weight is 279 g/mol. The highest BCUT2D eigenvalue weighted by Crippen LogP contribution is 2.01. The summed E-state index contributed by atoms with van der Waals surface area (Å²) < 4.78 is 0. The van der Waals surface area contributed by atoms with E-state index in [0.717, 1.165) is 19.5 Å². The molecule has 6 heteroatoms. The lowest BCUT2D eigenvalue weighted by Gasteiger charge is -2.10. The van der Waals surface area contributed by atoms with Crippen LogP contribution in [0.4, 0.5) is 5.82 Å². The van der Waals surface area contributed by atoms with E-state index in [9.17, 15) is 4.79 Å². The van der Waals surface area contributed by atoms with Gasteiger partial charge in [-0.15, -0.1) is 0 Å². The van der Waals surface area contributed by atoms with Crippen LogP contribution < -0.4 is 10.6 Å². The van der Waals surface area contributed by atoms with Crippen LogP contribution in [-0.2, 0) is 0 Å². The molecule has 0 aliphatic heterocycles. The molecule has 0 saturated carbocycles. The molecule has 0 saturated heterocycles. The van der Waals surface area contributed by atoms with E-state index in [2.05, 4.69) is 25.5 Å². The van der Waals surface area contributed by atoms with Crippen LogP contribution in [0, 0.1) is 5.92 Å². The molecule has 0 aliphatic rings. The number of hydrogen-bond acceptors (Lipinski definition) is 5. The minimum absolute atomic E-state index is 0.176. The van der Waals surface area contributed by atoms with Crippen LogP contribution in [-0.4, -0.2) is 54.5 Å². The summed E-state index contributed by atoms with van der Waals surface area (Å²) in [7, 11) is 4.09. The summed E-state index contributed by atoms with van der Waals surface area (Å²) in [5, 5.41) is 6.00. The van der Waals surface area contributed by atoms with E-state index in [1.165, 1.54) is 6.20 Å². The summed E-state index contributed by atoms with van der Waals surface area (Å²) >= 11 is 0. The van der Waals surface area contributed by atoms with Crippen molar-refractivity contribution in [3.8, 4) is 0 Å². The van der Waals surface area contributed by atoms with Gasteiger partial charge in [0.25, 0.3) is 5.91 Å². The first-order chi connectivity index (χ1) is 9.49. The fraction of sp³-hybridized carbons (Fsp3) is 0.643. The molecule has 6 nitrogen and oxygen atoms in total. The Hall–Kier alpha value is -1.69. The predicted molar refractivity (Wildman–Crippen MR) is 80.9 cm³/mol. The zero-order valence-corrected chi connectivity index (χ0v) is 12.8. The van der Waals surface area contributed by atoms with Gasteiger partial charge < -0.3 is 15.5 Å². The van der Waals surface area contributed by atoms with Crippen molar-refractivity contribution in [2.45, 2.75) is 20.3 Å². The molecular weight excluding hydrogens is 254 g/mol. The average Bonchev–Trinajstić information content (AvgIpc) is 2.41. The Morgan fingerprint density at radius 3 is 2.60 bits per heavy atom. The van der Waals surface area contributed by atoms with Crippen molar-refractivity contribution in [1.29, 1.82) is 0 Å². The van der Waals surface area contributed by atoms with Gasteiger partial charge in [-0.2, -0.15) is 0 Å². The summed E-state index contributed by atoms with van der Waals surface area (Å²) in [4.78, 5) is 22.2. The normalized spacial score (nSPS) is 10.9. The molecule has 0 aromatic carbocycles. The van der Waals surface area contributed by atoms with E-state index >= 15 is 0 Å². The van der Waals surface area contributed by atoms with E-state index in [1.807, 2.05) is 27.9 Å².